The fourth-order valence-corrected chi connectivity index (χ4v) is 1.87. The number of nitrogens with one attached hydrogen (secondary N) is 1. The molecule has 0 atom stereocenters. The first-order valence-corrected chi connectivity index (χ1v) is 7.64. The first kappa shape index (κ1) is 18.4. The maximum atomic E-state index is 11.8. The van der Waals surface area contributed by atoms with Crippen molar-refractivity contribution in [1.29, 1.82) is 0 Å². The Kier molecular flexibility index (Phi) is 6.90. The predicted molar refractivity (Wildman–Crippen MR) is 86.1 cm³/mol. The average molecular weight is 349 g/mol. The molecule has 9 heteroatoms. The van der Waals surface area contributed by atoms with E-state index in [0.29, 0.717) is 36.2 Å². The number of benzene rings is 1. The van der Waals surface area contributed by atoms with Gasteiger partial charge in [-0.1, -0.05) is 5.16 Å². The molecular formula is C16H19N3O6. The van der Waals surface area contributed by atoms with Crippen LogP contribution in [0.25, 0.3) is 0 Å². The molecule has 1 heterocycles. The lowest BCUT2D eigenvalue weighted by Gasteiger charge is -2.08. The van der Waals surface area contributed by atoms with Crippen LogP contribution in [-0.4, -0.2) is 40.3 Å². The molecule has 0 saturated heterocycles. The summed E-state index contributed by atoms with van der Waals surface area (Å²) in [5.41, 5.74) is 0.597. The van der Waals surface area contributed by atoms with Gasteiger partial charge >= 0.3 is 5.97 Å². The van der Waals surface area contributed by atoms with E-state index in [1.807, 2.05) is 0 Å². The second kappa shape index (κ2) is 9.38. The molecule has 25 heavy (non-hydrogen) atoms. The van der Waals surface area contributed by atoms with E-state index in [-0.39, 0.29) is 25.5 Å². The number of ether oxygens (including phenoxy) is 2. The summed E-state index contributed by atoms with van der Waals surface area (Å²) in [5.74, 6) is 0.263. The van der Waals surface area contributed by atoms with Crippen molar-refractivity contribution in [2.45, 2.75) is 26.4 Å². The maximum absolute atomic E-state index is 11.8. The van der Waals surface area contributed by atoms with Crippen LogP contribution in [0.3, 0.4) is 0 Å². The number of carboxylic acid groups (broad SMARTS) is 1. The summed E-state index contributed by atoms with van der Waals surface area (Å²) in [6.45, 7) is 1.94. The van der Waals surface area contributed by atoms with Gasteiger partial charge in [-0.15, -0.1) is 0 Å². The van der Waals surface area contributed by atoms with Gasteiger partial charge in [0.1, 0.15) is 19.0 Å². The van der Waals surface area contributed by atoms with Crippen LogP contribution in [0.4, 0.5) is 5.69 Å². The lowest BCUT2D eigenvalue weighted by molar-refractivity contribution is -0.137. The lowest BCUT2D eigenvalue weighted by atomic mass is 10.3. The predicted octanol–water partition coefficient (Wildman–Crippen LogP) is 1.78. The summed E-state index contributed by atoms with van der Waals surface area (Å²) in [5, 5.41) is 14.8. The number of aliphatic carboxylic acids is 1. The van der Waals surface area contributed by atoms with Crippen LogP contribution in [0.5, 0.6) is 5.75 Å². The van der Waals surface area contributed by atoms with Crippen molar-refractivity contribution in [3.8, 4) is 5.75 Å². The van der Waals surface area contributed by atoms with Crippen LogP contribution < -0.4 is 10.1 Å². The second-order valence-electron chi connectivity index (χ2n) is 5.15. The van der Waals surface area contributed by atoms with Crippen LogP contribution >= 0.6 is 0 Å². The van der Waals surface area contributed by atoms with Gasteiger partial charge in [0.2, 0.25) is 5.91 Å². The van der Waals surface area contributed by atoms with Gasteiger partial charge in [0, 0.05) is 12.1 Å². The average Bonchev–Trinajstić information content (AvgIpc) is 2.98. The first-order chi connectivity index (χ1) is 12.0. The molecule has 1 aromatic heterocycles. The van der Waals surface area contributed by atoms with Crippen molar-refractivity contribution in [1.82, 2.24) is 10.1 Å². The third-order valence-corrected chi connectivity index (χ3v) is 2.97. The van der Waals surface area contributed by atoms with E-state index in [1.54, 1.807) is 31.2 Å². The van der Waals surface area contributed by atoms with Crippen LogP contribution in [0.1, 0.15) is 24.6 Å². The largest absolute Gasteiger partial charge is 0.494 e. The van der Waals surface area contributed by atoms with Gasteiger partial charge in [-0.25, -0.2) is 0 Å². The van der Waals surface area contributed by atoms with Gasteiger partial charge in [0.15, 0.2) is 5.82 Å². The monoisotopic (exact) mass is 349 g/mol. The van der Waals surface area contributed by atoms with Crippen molar-refractivity contribution < 1.29 is 28.7 Å². The molecule has 0 bridgehead atoms. The summed E-state index contributed by atoms with van der Waals surface area (Å²) in [6, 6.07) is 6.76. The third kappa shape index (κ3) is 7.00. The summed E-state index contributed by atoms with van der Waals surface area (Å²) in [4.78, 5) is 26.1. The van der Waals surface area contributed by atoms with Gasteiger partial charge < -0.3 is 24.4 Å². The number of carbonyl (C=O) groups excluding carboxylic acids is 1. The van der Waals surface area contributed by atoms with Gasteiger partial charge in [-0.3, -0.25) is 9.59 Å². The molecule has 2 N–H and O–H groups in total. The third-order valence-electron chi connectivity index (χ3n) is 2.97. The standard InChI is InChI=1S/C16H19N3O6/c1-11-17-15(25-19-11)10-23-9-14(20)18-12-4-6-13(7-5-12)24-8-2-3-16(21)22/h4-7H,2-3,8-10H2,1H3,(H,18,20)(H,21,22). The summed E-state index contributed by atoms with van der Waals surface area (Å²) >= 11 is 0. The van der Waals surface area contributed by atoms with Gasteiger partial charge in [-0.2, -0.15) is 4.98 Å². The highest BCUT2D eigenvalue weighted by Crippen LogP contribution is 2.16. The van der Waals surface area contributed by atoms with E-state index >= 15 is 0 Å². The molecule has 9 nitrogen and oxygen atoms in total. The van der Waals surface area contributed by atoms with Crippen molar-refractivity contribution in [2.24, 2.45) is 0 Å². The first-order valence-electron chi connectivity index (χ1n) is 7.64. The summed E-state index contributed by atoms with van der Waals surface area (Å²) in [6.07, 6.45) is 0.502. The Hall–Kier alpha value is -2.94. The number of anilines is 1. The van der Waals surface area contributed by atoms with E-state index in [4.69, 9.17) is 19.1 Å². The van der Waals surface area contributed by atoms with Crippen molar-refractivity contribution in [3.63, 3.8) is 0 Å². The molecular weight excluding hydrogens is 330 g/mol. The van der Waals surface area contributed by atoms with E-state index < -0.39 is 5.97 Å². The van der Waals surface area contributed by atoms with E-state index in [9.17, 15) is 9.59 Å². The number of hydrogen-bond donors (Lipinski definition) is 2. The van der Waals surface area contributed by atoms with Crippen molar-refractivity contribution in [3.05, 3.63) is 36.0 Å². The number of carboxylic acids is 1. The molecule has 0 spiro atoms. The van der Waals surface area contributed by atoms with Gasteiger partial charge in [0.05, 0.1) is 6.61 Å². The van der Waals surface area contributed by atoms with E-state index in [0.717, 1.165) is 0 Å². The molecule has 0 saturated carbocycles. The Morgan fingerprint density at radius 2 is 2.04 bits per heavy atom. The molecule has 1 amide bonds. The second-order valence-corrected chi connectivity index (χ2v) is 5.15. The summed E-state index contributed by atoms with van der Waals surface area (Å²) in [7, 11) is 0. The Morgan fingerprint density at radius 3 is 2.68 bits per heavy atom. The van der Waals surface area contributed by atoms with Crippen LogP contribution in [-0.2, 0) is 20.9 Å². The molecule has 2 rings (SSSR count). The minimum Gasteiger partial charge on any atom is -0.494 e. The highest BCUT2D eigenvalue weighted by atomic mass is 16.5. The zero-order valence-corrected chi connectivity index (χ0v) is 13.7. The molecule has 1 aromatic carbocycles. The number of aromatic nitrogens is 2. The Balaban J connectivity index is 1.67. The molecule has 0 unspecified atom stereocenters. The fraction of sp³-hybridized carbons (Fsp3) is 0.375. The molecule has 0 radical (unpaired) electrons. The zero-order chi connectivity index (χ0) is 18.1. The topological polar surface area (TPSA) is 124 Å². The smallest absolute Gasteiger partial charge is 0.303 e. The van der Waals surface area contributed by atoms with Gasteiger partial charge in [-0.05, 0) is 37.6 Å². The van der Waals surface area contributed by atoms with Crippen LogP contribution in [0.15, 0.2) is 28.8 Å². The number of rotatable bonds is 10. The number of aryl methyl sites for hydroxylation is 1. The highest BCUT2D eigenvalue weighted by Gasteiger charge is 2.06. The molecule has 0 fully saturated rings. The Bertz CT molecular complexity index is 698. The Labute approximate surface area is 143 Å². The highest BCUT2D eigenvalue weighted by molar-refractivity contribution is 5.91. The van der Waals surface area contributed by atoms with E-state index in [1.165, 1.54) is 0 Å². The molecule has 0 aliphatic carbocycles. The maximum Gasteiger partial charge on any atom is 0.303 e. The molecule has 134 valence electrons. The normalized spacial score (nSPS) is 10.4. The molecule has 0 aliphatic rings. The number of carbonyl (C=O) groups is 2. The van der Waals surface area contributed by atoms with Gasteiger partial charge in [0.25, 0.3) is 5.89 Å². The summed E-state index contributed by atoms with van der Waals surface area (Å²) < 4.78 is 15.5. The zero-order valence-electron chi connectivity index (χ0n) is 13.7. The number of amides is 1. The Morgan fingerprint density at radius 1 is 1.28 bits per heavy atom. The van der Waals surface area contributed by atoms with Crippen molar-refractivity contribution >= 4 is 17.6 Å². The van der Waals surface area contributed by atoms with Crippen LogP contribution in [0.2, 0.25) is 0 Å². The van der Waals surface area contributed by atoms with Crippen LogP contribution in [0, 0.1) is 6.92 Å². The van der Waals surface area contributed by atoms with E-state index in [2.05, 4.69) is 15.5 Å². The quantitative estimate of drug-likeness (QED) is 0.622. The minimum absolute atomic E-state index is 0.0668. The minimum atomic E-state index is -0.849. The molecule has 0 aliphatic heterocycles. The molecule has 2 aromatic rings. The fourth-order valence-electron chi connectivity index (χ4n) is 1.87. The number of hydrogen-bond acceptors (Lipinski definition) is 7. The number of nitrogens with zero attached hydrogens (tertiary/aromatic N) is 2. The van der Waals surface area contributed by atoms with Crippen molar-refractivity contribution in [2.75, 3.05) is 18.5 Å². The lowest BCUT2D eigenvalue weighted by Crippen LogP contribution is -2.18. The SMILES string of the molecule is Cc1noc(COCC(=O)Nc2ccc(OCCCC(=O)O)cc2)n1.